The van der Waals surface area contributed by atoms with Crippen LogP contribution in [0.4, 0.5) is 18.9 Å². The molecule has 3 aromatic rings. The summed E-state index contributed by atoms with van der Waals surface area (Å²) in [5.41, 5.74) is 1.41. The normalized spacial score (nSPS) is 12.6. The Labute approximate surface area is 147 Å². The van der Waals surface area contributed by atoms with E-state index in [4.69, 9.17) is 4.74 Å². The highest BCUT2D eigenvalue weighted by Crippen LogP contribution is 2.24. The van der Waals surface area contributed by atoms with E-state index < -0.39 is 12.8 Å². The molecule has 0 amide bonds. The molecule has 3 rings (SSSR count). The minimum absolute atomic E-state index is 0.127. The molecule has 1 atom stereocenters. The van der Waals surface area contributed by atoms with Crippen molar-refractivity contribution in [2.75, 3.05) is 11.9 Å². The minimum atomic E-state index is -4.38. The summed E-state index contributed by atoms with van der Waals surface area (Å²) in [7, 11) is 0. The second kappa shape index (κ2) is 7.42. The van der Waals surface area contributed by atoms with Crippen molar-refractivity contribution in [3.8, 4) is 11.4 Å². The van der Waals surface area contributed by atoms with Crippen LogP contribution in [0.25, 0.3) is 5.69 Å². The van der Waals surface area contributed by atoms with E-state index in [1.165, 1.54) is 12.1 Å². The molecule has 6 nitrogen and oxygen atoms in total. The van der Waals surface area contributed by atoms with Crippen LogP contribution < -0.4 is 10.1 Å². The number of ether oxygens (including phenoxy) is 1. The highest BCUT2D eigenvalue weighted by Gasteiger charge is 2.28. The molecule has 26 heavy (non-hydrogen) atoms. The van der Waals surface area contributed by atoms with Gasteiger partial charge in [-0.05, 0) is 41.6 Å². The number of para-hydroxylation sites is 1. The van der Waals surface area contributed by atoms with Crippen molar-refractivity contribution in [3.05, 3.63) is 60.4 Å². The number of tetrazole rings is 1. The van der Waals surface area contributed by atoms with Crippen LogP contribution in [0, 0.1) is 0 Å². The van der Waals surface area contributed by atoms with Crippen molar-refractivity contribution in [1.29, 1.82) is 0 Å². The number of hydrogen-bond donors (Lipinski definition) is 1. The van der Waals surface area contributed by atoms with Crippen LogP contribution in [0.1, 0.15) is 18.8 Å². The summed E-state index contributed by atoms with van der Waals surface area (Å²) < 4.78 is 43.2. The number of anilines is 1. The van der Waals surface area contributed by atoms with Gasteiger partial charge in [0, 0.05) is 11.8 Å². The first-order valence-corrected chi connectivity index (χ1v) is 7.82. The van der Waals surface area contributed by atoms with E-state index in [0.717, 1.165) is 5.69 Å². The average molecular weight is 363 g/mol. The number of halogens is 3. The molecule has 0 bridgehead atoms. The Morgan fingerprint density at radius 1 is 1.12 bits per heavy atom. The highest BCUT2D eigenvalue weighted by atomic mass is 19.4. The lowest BCUT2D eigenvalue weighted by atomic mass is 10.2. The molecule has 0 aliphatic carbocycles. The molecule has 0 saturated carbocycles. The number of rotatable bonds is 6. The predicted molar refractivity (Wildman–Crippen MR) is 89.2 cm³/mol. The Morgan fingerprint density at radius 3 is 2.62 bits per heavy atom. The van der Waals surface area contributed by atoms with Crippen LogP contribution in [0.3, 0.4) is 0 Å². The molecule has 1 N–H and O–H groups in total. The Balaban J connectivity index is 1.73. The molecule has 0 aliphatic heterocycles. The number of benzene rings is 2. The number of nitrogens with one attached hydrogen (secondary N) is 1. The molecule has 0 spiro atoms. The monoisotopic (exact) mass is 363 g/mol. The van der Waals surface area contributed by atoms with Gasteiger partial charge < -0.3 is 10.1 Å². The first kappa shape index (κ1) is 17.7. The summed E-state index contributed by atoms with van der Waals surface area (Å²) in [6.07, 6.45) is -4.38. The Morgan fingerprint density at radius 2 is 1.88 bits per heavy atom. The number of alkyl halides is 3. The van der Waals surface area contributed by atoms with Gasteiger partial charge in [-0.1, -0.05) is 24.3 Å². The topological polar surface area (TPSA) is 64.9 Å². The zero-order valence-electron chi connectivity index (χ0n) is 13.8. The fourth-order valence-electron chi connectivity index (χ4n) is 2.37. The molecule has 0 radical (unpaired) electrons. The second-order valence-corrected chi connectivity index (χ2v) is 5.58. The van der Waals surface area contributed by atoms with Crippen LogP contribution >= 0.6 is 0 Å². The molecule has 136 valence electrons. The molecule has 0 saturated heterocycles. The molecule has 0 aliphatic rings. The van der Waals surface area contributed by atoms with Gasteiger partial charge in [-0.25, -0.2) is 0 Å². The van der Waals surface area contributed by atoms with Gasteiger partial charge in [0.05, 0.1) is 11.7 Å². The zero-order chi connectivity index (χ0) is 18.6. The standard InChI is InChI=1S/C17H16F3N5O/c1-12(16-22-23-24-25(16)14-7-3-2-4-8-14)21-13-6-5-9-15(10-13)26-11-17(18,19)20/h2-10,12,21H,11H2,1H3. The summed E-state index contributed by atoms with van der Waals surface area (Å²) in [5.74, 6) is 0.694. The van der Waals surface area contributed by atoms with Crippen LogP contribution in [-0.4, -0.2) is 33.0 Å². The van der Waals surface area contributed by atoms with Crippen LogP contribution in [0.15, 0.2) is 54.6 Å². The molecule has 1 aromatic heterocycles. The lowest BCUT2D eigenvalue weighted by Gasteiger charge is -2.16. The maximum Gasteiger partial charge on any atom is 0.422 e. The van der Waals surface area contributed by atoms with Gasteiger partial charge in [0.15, 0.2) is 12.4 Å². The van der Waals surface area contributed by atoms with Crippen LogP contribution in [-0.2, 0) is 0 Å². The summed E-state index contributed by atoms with van der Waals surface area (Å²) >= 11 is 0. The summed E-state index contributed by atoms with van der Waals surface area (Å²) in [4.78, 5) is 0. The second-order valence-electron chi connectivity index (χ2n) is 5.58. The first-order chi connectivity index (χ1) is 12.4. The van der Waals surface area contributed by atoms with Crippen molar-refractivity contribution in [3.63, 3.8) is 0 Å². The fourth-order valence-corrected chi connectivity index (χ4v) is 2.37. The van der Waals surface area contributed by atoms with Crippen LogP contribution in [0.2, 0.25) is 0 Å². The van der Waals surface area contributed by atoms with Crippen molar-refractivity contribution in [1.82, 2.24) is 20.2 Å². The van der Waals surface area contributed by atoms with E-state index >= 15 is 0 Å². The SMILES string of the molecule is CC(Nc1cccc(OCC(F)(F)F)c1)c1nnnn1-c1ccccc1. The van der Waals surface area contributed by atoms with E-state index in [0.29, 0.717) is 11.5 Å². The lowest BCUT2D eigenvalue weighted by molar-refractivity contribution is -0.153. The zero-order valence-corrected chi connectivity index (χ0v) is 13.8. The summed E-state index contributed by atoms with van der Waals surface area (Å²) in [6, 6.07) is 15.4. The average Bonchev–Trinajstić information content (AvgIpc) is 3.10. The molecule has 0 fully saturated rings. The third kappa shape index (κ3) is 4.50. The molecule has 9 heteroatoms. The minimum Gasteiger partial charge on any atom is -0.484 e. The van der Waals surface area contributed by atoms with E-state index in [1.807, 2.05) is 37.3 Å². The van der Waals surface area contributed by atoms with Crippen molar-refractivity contribution in [2.24, 2.45) is 0 Å². The largest absolute Gasteiger partial charge is 0.484 e. The quantitative estimate of drug-likeness (QED) is 0.722. The van der Waals surface area contributed by atoms with E-state index in [2.05, 4.69) is 20.8 Å². The van der Waals surface area contributed by atoms with Crippen molar-refractivity contribution in [2.45, 2.75) is 19.1 Å². The van der Waals surface area contributed by atoms with E-state index in [1.54, 1.807) is 16.8 Å². The Bertz CT molecular complexity index is 851. The van der Waals surface area contributed by atoms with Gasteiger partial charge in [0.2, 0.25) is 0 Å². The van der Waals surface area contributed by atoms with Crippen molar-refractivity contribution >= 4 is 5.69 Å². The van der Waals surface area contributed by atoms with Crippen LogP contribution in [0.5, 0.6) is 5.75 Å². The lowest BCUT2D eigenvalue weighted by Crippen LogP contribution is -2.19. The third-order valence-electron chi connectivity index (χ3n) is 3.50. The molecule has 1 heterocycles. The maximum absolute atomic E-state index is 12.3. The van der Waals surface area contributed by atoms with Gasteiger partial charge in [0.25, 0.3) is 0 Å². The molecular weight excluding hydrogens is 347 g/mol. The van der Waals surface area contributed by atoms with Gasteiger partial charge in [-0.15, -0.1) is 5.10 Å². The van der Waals surface area contributed by atoms with Gasteiger partial charge in [0.1, 0.15) is 5.75 Å². The predicted octanol–water partition coefficient (Wildman–Crippen LogP) is 3.78. The number of aromatic nitrogens is 4. The summed E-state index contributed by atoms with van der Waals surface area (Å²) in [5, 5.41) is 14.9. The Hall–Kier alpha value is -3.10. The molecular formula is C17H16F3N5O. The van der Waals surface area contributed by atoms with E-state index in [-0.39, 0.29) is 11.8 Å². The third-order valence-corrected chi connectivity index (χ3v) is 3.50. The van der Waals surface area contributed by atoms with Gasteiger partial charge >= 0.3 is 6.18 Å². The number of hydrogen-bond acceptors (Lipinski definition) is 5. The smallest absolute Gasteiger partial charge is 0.422 e. The number of nitrogens with zero attached hydrogens (tertiary/aromatic N) is 4. The molecule has 2 aromatic carbocycles. The molecule has 1 unspecified atom stereocenters. The Kier molecular flexibility index (Phi) is 5.06. The first-order valence-electron chi connectivity index (χ1n) is 7.82. The van der Waals surface area contributed by atoms with E-state index in [9.17, 15) is 13.2 Å². The van der Waals surface area contributed by atoms with Gasteiger partial charge in [-0.2, -0.15) is 17.9 Å². The summed E-state index contributed by atoms with van der Waals surface area (Å²) in [6.45, 7) is 0.520. The maximum atomic E-state index is 12.3. The highest BCUT2D eigenvalue weighted by molar-refractivity contribution is 5.49. The van der Waals surface area contributed by atoms with Crippen molar-refractivity contribution < 1.29 is 17.9 Å². The van der Waals surface area contributed by atoms with Gasteiger partial charge in [-0.3, -0.25) is 0 Å². The fraction of sp³-hybridized carbons (Fsp3) is 0.235.